The third kappa shape index (κ3) is 3.08. The van der Waals surface area contributed by atoms with E-state index in [4.69, 9.17) is 10.8 Å². The molecule has 5 rings (SSSR count). The van der Waals surface area contributed by atoms with Crippen LogP contribution in [0.4, 0.5) is 11.6 Å². The van der Waals surface area contributed by atoms with Gasteiger partial charge >= 0.3 is 0 Å². The molecule has 8 heteroatoms. The number of piperazine rings is 1. The van der Waals surface area contributed by atoms with Crippen LogP contribution in [0.5, 0.6) is 0 Å². The Morgan fingerprint density at radius 1 is 1.13 bits per heavy atom. The number of rotatable bonds is 3. The Balaban J connectivity index is 1.49. The van der Waals surface area contributed by atoms with Crippen LogP contribution >= 0.6 is 0 Å². The summed E-state index contributed by atoms with van der Waals surface area (Å²) in [6.45, 7) is 6.22. The van der Waals surface area contributed by atoms with E-state index in [0.29, 0.717) is 32.0 Å². The average Bonchev–Trinajstić information content (AvgIpc) is 3.19. The minimum Gasteiger partial charge on any atom is -0.383 e. The van der Waals surface area contributed by atoms with E-state index in [1.165, 1.54) is 23.5 Å². The Bertz CT molecular complexity index is 1110. The van der Waals surface area contributed by atoms with E-state index in [1.54, 1.807) is 4.90 Å². The Morgan fingerprint density at radius 3 is 2.67 bits per heavy atom. The number of nitrogens with zero attached hydrogens (tertiary/aromatic N) is 6. The fourth-order valence-corrected chi connectivity index (χ4v) is 4.61. The number of fused-ring (bicyclic) bond motifs is 2. The van der Waals surface area contributed by atoms with Crippen molar-refractivity contribution in [1.82, 2.24) is 24.6 Å². The summed E-state index contributed by atoms with van der Waals surface area (Å²) in [5, 5.41) is 5.80. The highest BCUT2D eigenvalue weighted by Gasteiger charge is 2.29. The summed E-state index contributed by atoms with van der Waals surface area (Å²) in [7, 11) is 0. The molecule has 3 heterocycles. The van der Waals surface area contributed by atoms with Gasteiger partial charge in [-0.05, 0) is 36.5 Å². The first-order valence-electron chi connectivity index (χ1n) is 10.4. The lowest BCUT2D eigenvalue weighted by Crippen LogP contribution is -2.48. The lowest BCUT2D eigenvalue weighted by molar-refractivity contribution is -0.126. The summed E-state index contributed by atoms with van der Waals surface area (Å²) >= 11 is 0. The zero-order chi connectivity index (χ0) is 20.7. The molecule has 1 aliphatic carbocycles. The van der Waals surface area contributed by atoms with Crippen molar-refractivity contribution in [2.45, 2.75) is 25.3 Å². The molecular formula is C22H25N7O. The van der Waals surface area contributed by atoms with Gasteiger partial charge < -0.3 is 15.5 Å². The summed E-state index contributed by atoms with van der Waals surface area (Å²) in [5.41, 5.74) is 9.85. The Kier molecular flexibility index (Phi) is 4.61. The zero-order valence-corrected chi connectivity index (χ0v) is 16.9. The maximum atomic E-state index is 11.9. The van der Waals surface area contributed by atoms with Gasteiger partial charge in [-0.15, -0.1) is 0 Å². The number of hydrogen-bond acceptors (Lipinski definition) is 6. The van der Waals surface area contributed by atoms with Crippen LogP contribution in [-0.2, 0) is 17.6 Å². The molecule has 1 amide bonds. The number of aromatic nitrogens is 4. The maximum absolute atomic E-state index is 11.9. The molecule has 0 radical (unpaired) electrons. The number of hydrogen-bond donors (Lipinski definition) is 1. The molecular weight excluding hydrogens is 378 g/mol. The summed E-state index contributed by atoms with van der Waals surface area (Å²) in [6.07, 6.45) is 5.85. The van der Waals surface area contributed by atoms with Gasteiger partial charge in [-0.2, -0.15) is 5.10 Å². The number of carbonyl (C=O) groups excluding carboxylic acids is 1. The SMILES string of the molecule is C=CC(=O)N1CCN(c2nn(C3CCc4ccccc4C3)c3ncnc(N)c23)CC1. The van der Waals surface area contributed by atoms with Crippen molar-refractivity contribution in [1.29, 1.82) is 0 Å². The van der Waals surface area contributed by atoms with Crippen LogP contribution < -0.4 is 10.6 Å². The second-order valence-electron chi connectivity index (χ2n) is 7.91. The minimum atomic E-state index is -0.0336. The maximum Gasteiger partial charge on any atom is 0.246 e. The van der Waals surface area contributed by atoms with Crippen LogP contribution in [0.2, 0.25) is 0 Å². The first kappa shape index (κ1) is 18.6. The van der Waals surface area contributed by atoms with Crippen molar-refractivity contribution in [3.8, 4) is 0 Å². The van der Waals surface area contributed by atoms with Crippen LogP contribution in [0.1, 0.15) is 23.6 Å². The van der Waals surface area contributed by atoms with Gasteiger partial charge in [0.1, 0.15) is 17.5 Å². The monoisotopic (exact) mass is 403 g/mol. The number of anilines is 2. The fourth-order valence-electron chi connectivity index (χ4n) is 4.61. The molecule has 2 N–H and O–H groups in total. The van der Waals surface area contributed by atoms with E-state index >= 15 is 0 Å². The van der Waals surface area contributed by atoms with Gasteiger partial charge in [-0.25, -0.2) is 14.6 Å². The molecule has 1 atom stereocenters. The highest BCUT2D eigenvalue weighted by molar-refractivity contribution is 5.96. The van der Waals surface area contributed by atoms with Crippen molar-refractivity contribution in [3.05, 3.63) is 54.4 Å². The highest BCUT2D eigenvalue weighted by Crippen LogP contribution is 2.35. The molecule has 0 saturated carbocycles. The van der Waals surface area contributed by atoms with Crippen LogP contribution in [0.15, 0.2) is 43.2 Å². The lowest BCUT2D eigenvalue weighted by Gasteiger charge is -2.34. The summed E-state index contributed by atoms with van der Waals surface area (Å²) in [5.74, 6) is 1.23. The zero-order valence-electron chi connectivity index (χ0n) is 16.9. The predicted octanol–water partition coefficient (Wildman–Crippen LogP) is 1.97. The second kappa shape index (κ2) is 7.44. The van der Waals surface area contributed by atoms with Crippen molar-refractivity contribution in [2.75, 3.05) is 36.8 Å². The number of nitrogen functional groups attached to an aromatic ring is 1. The first-order chi connectivity index (χ1) is 14.7. The minimum absolute atomic E-state index is 0.0336. The van der Waals surface area contributed by atoms with Gasteiger partial charge in [0, 0.05) is 26.2 Å². The molecule has 154 valence electrons. The number of carbonyl (C=O) groups is 1. The molecule has 30 heavy (non-hydrogen) atoms. The van der Waals surface area contributed by atoms with Crippen molar-refractivity contribution in [3.63, 3.8) is 0 Å². The predicted molar refractivity (Wildman–Crippen MR) is 116 cm³/mol. The molecule has 2 aromatic heterocycles. The normalized spacial score (nSPS) is 19.0. The van der Waals surface area contributed by atoms with Gasteiger partial charge in [0.05, 0.1) is 6.04 Å². The Morgan fingerprint density at radius 2 is 1.90 bits per heavy atom. The number of nitrogens with two attached hydrogens (primary N) is 1. The van der Waals surface area contributed by atoms with Crippen LogP contribution in [0, 0.1) is 0 Å². The largest absolute Gasteiger partial charge is 0.383 e. The van der Waals surface area contributed by atoms with Gasteiger partial charge in [0.25, 0.3) is 0 Å². The van der Waals surface area contributed by atoms with Crippen molar-refractivity contribution < 1.29 is 4.79 Å². The third-order valence-electron chi connectivity index (χ3n) is 6.23. The standard InChI is InChI=1S/C22H25N7O/c1-2-18(30)27-9-11-28(12-10-27)22-19-20(23)24-14-25-21(19)29(26-22)17-8-7-15-5-3-4-6-16(15)13-17/h2-6,14,17H,1,7-13H2,(H2,23,24,25). The Labute approximate surface area is 175 Å². The molecule has 1 saturated heterocycles. The quantitative estimate of drug-likeness (QED) is 0.672. The molecule has 0 bridgehead atoms. The molecule has 1 aromatic carbocycles. The van der Waals surface area contributed by atoms with Crippen LogP contribution in [0.3, 0.4) is 0 Å². The summed E-state index contributed by atoms with van der Waals surface area (Å²) in [4.78, 5) is 24.7. The lowest BCUT2D eigenvalue weighted by atomic mass is 9.88. The molecule has 1 unspecified atom stereocenters. The topological polar surface area (TPSA) is 93.2 Å². The van der Waals surface area contributed by atoms with Gasteiger partial charge in [-0.3, -0.25) is 4.79 Å². The van der Waals surface area contributed by atoms with E-state index in [-0.39, 0.29) is 11.9 Å². The van der Waals surface area contributed by atoms with E-state index in [9.17, 15) is 4.79 Å². The number of aryl methyl sites for hydroxylation is 1. The van der Waals surface area contributed by atoms with E-state index in [2.05, 4.69) is 45.7 Å². The van der Waals surface area contributed by atoms with Crippen LogP contribution in [0.25, 0.3) is 11.0 Å². The smallest absolute Gasteiger partial charge is 0.246 e. The number of amides is 1. The van der Waals surface area contributed by atoms with Gasteiger partial charge in [0.2, 0.25) is 5.91 Å². The summed E-state index contributed by atoms with van der Waals surface area (Å²) < 4.78 is 2.04. The van der Waals surface area contributed by atoms with Crippen LogP contribution in [-0.4, -0.2) is 56.7 Å². The summed E-state index contributed by atoms with van der Waals surface area (Å²) in [6, 6.07) is 8.84. The third-order valence-corrected chi connectivity index (χ3v) is 6.23. The van der Waals surface area contributed by atoms with E-state index in [1.807, 2.05) is 4.68 Å². The average molecular weight is 403 g/mol. The van der Waals surface area contributed by atoms with Crippen molar-refractivity contribution >= 4 is 28.6 Å². The molecule has 8 nitrogen and oxygen atoms in total. The second-order valence-corrected chi connectivity index (χ2v) is 7.91. The highest BCUT2D eigenvalue weighted by atomic mass is 16.2. The van der Waals surface area contributed by atoms with E-state index < -0.39 is 0 Å². The molecule has 1 aliphatic heterocycles. The number of benzene rings is 1. The first-order valence-corrected chi connectivity index (χ1v) is 10.4. The molecule has 2 aliphatic rings. The van der Waals surface area contributed by atoms with E-state index in [0.717, 1.165) is 36.1 Å². The molecule has 0 spiro atoms. The van der Waals surface area contributed by atoms with Crippen molar-refractivity contribution in [2.24, 2.45) is 0 Å². The van der Waals surface area contributed by atoms with Gasteiger partial charge in [0.15, 0.2) is 11.5 Å². The fraction of sp³-hybridized carbons (Fsp3) is 0.364. The molecule has 3 aromatic rings. The molecule has 1 fully saturated rings. The van der Waals surface area contributed by atoms with Gasteiger partial charge in [-0.1, -0.05) is 30.8 Å². The Hall–Kier alpha value is -3.42.